The third-order valence-corrected chi connectivity index (χ3v) is 6.58. The van der Waals surface area contributed by atoms with E-state index in [9.17, 15) is 9.18 Å². The number of ether oxygens (including phenoxy) is 1. The second-order valence-corrected chi connectivity index (χ2v) is 8.28. The molecule has 140 valence electrons. The molecule has 0 unspecified atom stereocenters. The fourth-order valence-electron chi connectivity index (χ4n) is 4.95. The molecular formula is C22H28FNO2. The normalized spacial score (nSPS) is 29.3. The minimum Gasteiger partial charge on any atom is -0.369 e. The van der Waals surface area contributed by atoms with Gasteiger partial charge in [-0.05, 0) is 50.2 Å². The summed E-state index contributed by atoms with van der Waals surface area (Å²) in [5.41, 5.74) is 4.09. The SMILES string of the molecule is C=CCO[C@H]1CC2(CCN(C(=O)C3CC(F)C3)CC2)c2cc(C)ccc21. The molecule has 1 spiro atoms. The number of benzene rings is 1. The van der Waals surface area contributed by atoms with Gasteiger partial charge in [-0.15, -0.1) is 6.58 Å². The molecule has 1 saturated heterocycles. The smallest absolute Gasteiger partial charge is 0.225 e. The quantitative estimate of drug-likeness (QED) is 0.754. The Morgan fingerprint density at radius 3 is 2.77 bits per heavy atom. The standard InChI is InChI=1S/C22H28FNO2/c1-3-10-26-20-14-22(19-11-15(2)4-5-18(19)20)6-8-24(9-7-22)21(25)16-12-17(23)13-16/h3-5,11,16-17,20H,1,6-10,12-14H2,2H3/t16?,17?,20-/m0/s1. The van der Waals surface area contributed by atoms with Gasteiger partial charge in [-0.1, -0.05) is 29.8 Å². The summed E-state index contributed by atoms with van der Waals surface area (Å²) in [6.07, 6.45) is 4.90. The van der Waals surface area contributed by atoms with Gasteiger partial charge in [0.2, 0.25) is 5.91 Å². The molecule has 0 bridgehead atoms. The molecule has 1 atom stereocenters. The van der Waals surface area contributed by atoms with Crippen molar-refractivity contribution >= 4 is 5.91 Å². The van der Waals surface area contributed by atoms with Crippen LogP contribution in [0.15, 0.2) is 30.9 Å². The van der Waals surface area contributed by atoms with Gasteiger partial charge in [0.1, 0.15) is 6.17 Å². The number of aryl methyl sites for hydroxylation is 1. The van der Waals surface area contributed by atoms with Crippen LogP contribution < -0.4 is 0 Å². The molecule has 3 aliphatic rings. The first-order valence-corrected chi connectivity index (χ1v) is 9.79. The summed E-state index contributed by atoms with van der Waals surface area (Å²) in [4.78, 5) is 14.5. The summed E-state index contributed by atoms with van der Waals surface area (Å²) in [6, 6.07) is 6.68. The minimum absolute atomic E-state index is 0.0826. The van der Waals surface area contributed by atoms with Crippen molar-refractivity contribution < 1.29 is 13.9 Å². The maximum atomic E-state index is 13.1. The lowest BCUT2D eigenvalue weighted by Crippen LogP contribution is -2.49. The highest BCUT2D eigenvalue weighted by atomic mass is 19.1. The Balaban J connectivity index is 1.50. The number of carbonyl (C=O) groups is 1. The van der Waals surface area contributed by atoms with E-state index in [-0.39, 0.29) is 23.3 Å². The van der Waals surface area contributed by atoms with Gasteiger partial charge in [-0.3, -0.25) is 4.79 Å². The van der Waals surface area contributed by atoms with Crippen molar-refractivity contribution in [1.29, 1.82) is 0 Å². The van der Waals surface area contributed by atoms with E-state index < -0.39 is 6.17 Å². The van der Waals surface area contributed by atoms with E-state index in [4.69, 9.17) is 4.74 Å². The molecule has 1 aromatic carbocycles. The predicted molar refractivity (Wildman–Crippen MR) is 99.8 cm³/mol. The molecule has 1 amide bonds. The van der Waals surface area contributed by atoms with Crippen molar-refractivity contribution in [2.75, 3.05) is 19.7 Å². The molecule has 1 saturated carbocycles. The topological polar surface area (TPSA) is 29.5 Å². The summed E-state index contributed by atoms with van der Waals surface area (Å²) < 4.78 is 19.1. The summed E-state index contributed by atoms with van der Waals surface area (Å²) in [7, 11) is 0. The van der Waals surface area contributed by atoms with Gasteiger partial charge in [-0.2, -0.15) is 0 Å². The van der Waals surface area contributed by atoms with Gasteiger partial charge < -0.3 is 9.64 Å². The fraction of sp³-hybridized carbons (Fsp3) is 0.591. The van der Waals surface area contributed by atoms with Crippen LogP contribution in [0.25, 0.3) is 0 Å². The van der Waals surface area contributed by atoms with Gasteiger partial charge in [0, 0.05) is 24.4 Å². The molecule has 4 rings (SSSR count). The van der Waals surface area contributed by atoms with Crippen LogP contribution in [0.4, 0.5) is 4.39 Å². The van der Waals surface area contributed by atoms with Gasteiger partial charge in [0.15, 0.2) is 0 Å². The predicted octanol–water partition coefficient (Wildman–Crippen LogP) is 4.25. The molecule has 0 aromatic heterocycles. The average Bonchev–Trinajstić information content (AvgIpc) is 2.90. The van der Waals surface area contributed by atoms with Crippen LogP contribution in [0.5, 0.6) is 0 Å². The Morgan fingerprint density at radius 1 is 1.38 bits per heavy atom. The van der Waals surface area contributed by atoms with Gasteiger partial charge >= 0.3 is 0 Å². The summed E-state index contributed by atoms with van der Waals surface area (Å²) in [5.74, 6) is 0.0801. The first-order valence-electron chi connectivity index (χ1n) is 9.79. The molecule has 26 heavy (non-hydrogen) atoms. The Kier molecular flexibility index (Phi) is 4.64. The number of likely N-dealkylation sites (tertiary alicyclic amines) is 1. The molecule has 4 heteroatoms. The Labute approximate surface area is 155 Å². The van der Waals surface area contributed by atoms with E-state index in [1.54, 1.807) is 6.08 Å². The second kappa shape index (κ2) is 6.80. The van der Waals surface area contributed by atoms with Crippen LogP contribution in [0.3, 0.4) is 0 Å². The number of amides is 1. The zero-order chi connectivity index (χ0) is 18.3. The minimum atomic E-state index is -0.771. The first kappa shape index (κ1) is 17.7. The number of hydrogen-bond acceptors (Lipinski definition) is 2. The highest BCUT2D eigenvalue weighted by molar-refractivity contribution is 5.80. The number of halogens is 1. The monoisotopic (exact) mass is 357 g/mol. The molecule has 1 aliphatic heterocycles. The molecule has 1 aromatic rings. The first-order chi connectivity index (χ1) is 12.5. The Morgan fingerprint density at radius 2 is 2.12 bits per heavy atom. The van der Waals surface area contributed by atoms with Crippen molar-refractivity contribution in [3.63, 3.8) is 0 Å². The maximum Gasteiger partial charge on any atom is 0.225 e. The van der Waals surface area contributed by atoms with E-state index in [0.717, 1.165) is 32.4 Å². The molecule has 3 nitrogen and oxygen atoms in total. The molecule has 2 fully saturated rings. The van der Waals surface area contributed by atoms with E-state index in [1.807, 2.05) is 4.90 Å². The largest absolute Gasteiger partial charge is 0.369 e. The number of rotatable bonds is 4. The Hall–Kier alpha value is -1.68. The summed E-state index contributed by atoms with van der Waals surface area (Å²) in [6.45, 7) is 8.00. The van der Waals surface area contributed by atoms with Crippen LogP contribution in [0, 0.1) is 12.8 Å². The van der Waals surface area contributed by atoms with Crippen LogP contribution in [0.2, 0.25) is 0 Å². The average molecular weight is 357 g/mol. The lowest BCUT2D eigenvalue weighted by atomic mass is 9.73. The Bertz CT molecular complexity index is 702. The van der Waals surface area contributed by atoms with Crippen molar-refractivity contribution in [3.05, 3.63) is 47.5 Å². The lowest BCUT2D eigenvalue weighted by molar-refractivity contribution is -0.142. The maximum absolute atomic E-state index is 13.1. The van der Waals surface area contributed by atoms with Crippen molar-refractivity contribution in [2.45, 2.75) is 56.7 Å². The van der Waals surface area contributed by atoms with Crippen molar-refractivity contribution in [3.8, 4) is 0 Å². The highest BCUT2D eigenvalue weighted by Crippen LogP contribution is 2.52. The van der Waals surface area contributed by atoms with Gasteiger partial charge in [-0.25, -0.2) is 4.39 Å². The zero-order valence-corrected chi connectivity index (χ0v) is 15.5. The van der Waals surface area contributed by atoms with E-state index in [0.29, 0.717) is 19.4 Å². The third kappa shape index (κ3) is 2.98. The molecule has 0 radical (unpaired) electrons. The van der Waals surface area contributed by atoms with Crippen LogP contribution in [0.1, 0.15) is 54.9 Å². The van der Waals surface area contributed by atoms with Crippen LogP contribution >= 0.6 is 0 Å². The second-order valence-electron chi connectivity index (χ2n) is 8.28. The third-order valence-electron chi connectivity index (χ3n) is 6.58. The summed E-state index contributed by atoms with van der Waals surface area (Å²) >= 11 is 0. The van der Waals surface area contributed by atoms with Crippen LogP contribution in [-0.2, 0) is 14.9 Å². The number of fused-ring (bicyclic) bond motifs is 2. The number of piperidine rings is 1. The highest BCUT2D eigenvalue weighted by Gasteiger charge is 2.47. The van der Waals surface area contributed by atoms with Crippen molar-refractivity contribution in [1.82, 2.24) is 4.90 Å². The fourth-order valence-corrected chi connectivity index (χ4v) is 4.95. The lowest BCUT2D eigenvalue weighted by Gasteiger charge is -2.42. The van der Waals surface area contributed by atoms with Crippen molar-refractivity contribution in [2.24, 2.45) is 5.92 Å². The van der Waals surface area contributed by atoms with E-state index in [2.05, 4.69) is 31.7 Å². The number of alkyl halides is 1. The van der Waals surface area contributed by atoms with E-state index in [1.165, 1.54) is 16.7 Å². The number of hydrogen-bond donors (Lipinski definition) is 0. The van der Waals surface area contributed by atoms with Gasteiger partial charge in [0.25, 0.3) is 0 Å². The van der Waals surface area contributed by atoms with E-state index >= 15 is 0 Å². The molecule has 0 N–H and O–H groups in total. The molecule has 2 aliphatic carbocycles. The van der Waals surface area contributed by atoms with Crippen LogP contribution in [-0.4, -0.2) is 36.7 Å². The molecular weight excluding hydrogens is 329 g/mol. The summed E-state index contributed by atoms with van der Waals surface area (Å²) in [5, 5.41) is 0. The van der Waals surface area contributed by atoms with Gasteiger partial charge in [0.05, 0.1) is 12.7 Å². The number of carbonyl (C=O) groups excluding carboxylic acids is 1. The molecule has 1 heterocycles. The zero-order valence-electron chi connectivity index (χ0n) is 15.5. The number of nitrogens with zero attached hydrogens (tertiary/aromatic N) is 1.